The number of fused-ring (bicyclic) bond motifs is 1. The molecule has 0 saturated heterocycles. The van der Waals surface area contributed by atoms with Crippen LogP contribution in [-0.2, 0) is 19.6 Å². The lowest BCUT2D eigenvalue weighted by atomic mass is 9.93. The van der Waals surface area contributed by atoms with Crippen LogP contribution in [0.1, 0.15) is 11.1 Å². The van der Waals surface area contributed by atoms with Crippen molar-refractivity contribution in [3.05, 3.63) is 58.0 Å². The first-order valence-electron chi connectivity index (χ1n) is 7.64. The zero-order valence-corrected chi connectivity index (χ0v) is 13.2. The summed E-state index contributed by atoms with van der Waals surface area (Å²) in [4.78, 5) is 14.3. The fourth-order valence-electron chi connectivity index (χ4n) is 3.06. The molecule has 128 valence electrons. The highest BCUT2D eigenvalue weighted by molar-refractivity contribution is 5.67. The number of aryl methyl sites for hydroxylation is 1. The molecule has 0 fully saturated rings. The summed E-state index contributed by atoms with van der Waals surface area (Å²) in [5, 5.41) is 0. The number of nitrogens with two attached hydrogens (primary N) is 1. The Bertz CT molecular complexity index is 796. The molecular formula is C17H18F3N3O. The van der Waals surface area contributed by atoms with Crippen molar-refractivity contribution in [2.45, 2.75) is 12.6 Å². The maximum Gasteiger partial charge on any atom is 0.416 e. The lowest BCUT2D eigenvalue weighted by Crippen LogP contribution is -2.39. The van der Waals surface area contributed by atoms with Gasteiger partial charge in [0.05, 0.1) is 11.3 Å². The molecule has 3 rings (SSSR count). The standard InChI is InChI=1S/C17H18F3N3O/c1-22-7-6-15-14(16(22)24)8-11(9-21)10-23(15)13-4-2-12(3-5-13)17(18,19)20/h2-7,11H,8-10,21H2,1H3. The Kier molecular flexibility index (Phi) is 4.13. The van der Waals surface area contributed by atoms with E-state index in [1.165, 1.54) is 16.7 Å². The number of alkyl halides is 3. The summed E-state index contributed by atoms with van der Waals surface area (Å²) < 4.78 is 39.7. The van der Waals surface area contributed by atoms with Gasteiger partial charge in [0.15, 0.2) is 0 Å². The number of benzene rings is 1. The summed E-state index contributed by atoms with van der Waals surface area (Å²) in [5.74, 6) is 0.0786. The van der Waals surface area contributed by atoms with E-state index in [9.17, 15) is 18.0 Å². The maximum absolute atomic E-state index is 12.7. The van der Waals surface area contributed by atoms with E-state index in [1.54, 1.807) is 13.2 Å². The van der Waals surface area contributed by atoms with Gasteiger partial charge < -0.3 is 15.2 Å². The van der Waals surface area contributed by atoms with Crippen molar-refractivity contribution >= 4 is 11.4 Å². The van der Waals surface area contributed by atoms with Crippen molar-refractivity contribution in [3.8, 4) is 0 Å². The van der Waals surface area contributed by atoms with Crippen LogP contribution in [0.2, 0.25) is 0 Å². The van der Waals surface area contributed by atoms with Gasteiger partial charge in [0, 0.05) is 31.0 Å². The third-order valence-corrected chi connectivity index (χ3v) is 4.41. The Hall–Kier alpha value is -2.28. The second kappa shape index (κ2) is 5.98. The molecule has 7 heteroatoms. The first-order chi connectivity index (χ1) is 11.3. The number of hydrogen-bond donors (Lipinski definition) is 1. The van der Waals surface area contributed by atoms with Crippen LogP contribution >= 0.6 is 0 Å². The molecule has 0 radical (unpaired) electrons. The minimum atomic E-state index is -4.37. The Morgan fingerprint density at radius 3 is 2.46 bits per heavy atom. The second-order valence-electron chi connectivity index (χ2n) is 6.06. The fourth-order valence-corrected chi connectivity index (χ4v) is 3.06. The summed E-state index contributed by atoms with van der Waals surface area (Å²) in [5.41, 5.74) is 7.01. The van der Waals surface area contributed by atoms with Gasteiger partial charge in [0.2, 0.25) is 0 Å². The van der Waals surface area contributed by atoms with Gasteiger partial charge in [-0.3, -0.25) is 4.79 Å². The molecule has 1 atom stereocenters. The third-order valence-electron chi connectivity index (χ3n) is 4.41. The average molecular weight is 337 g/mol. The Labute approximate surface area is 137 Å². The highest BCUT2D eigenvalue weighted by Crippen LogP contribution is 2.35. The SMILES string of the molecule is Cn1ccc2c(c1=O)CC(CN)CN2c1ccc(C(F)(F)F)cc1. The van der Waals surface area contributed by atoms with Crippen molar-refractivity contribution in [1.82, 2.24) is 4.57 Å². The van der Waals surface area contributed by atoms with E-state index in [2.05, 4.69) is 0 Å². The number of halogens is 3. The first kappa shape index (κ1) is 16.6. The summed E-state index contributed by atoms with van der Waals surface area (Å²) in [6, 6.07) is 6.80. The van der Waals surface area contributed by atoms with Crippen LogP contribution in [-0.4, -0.2) is 17.7 Å². The van der Waals surface area contributed by atoms with Crippen LogP contribution in [0.5, 0.6) is 0 Å². The molecule has 1 aliphatic rings. The van der Waals surface area contributed by atoms with E-state index in [0.717, 1.165) is 17.8 Å². The molecule has 1 aromatic carbocycles. The minimum Gasteiger partial charge on any atom is -0.341 e. The van der Waals surface area contributed by atoms with E-state index >= 15 is 0 Å². The van der Waals surface area contributed by atoms with Crippen molar-refractivity contribution < 1.29 is 13.2 Å². The smallest absolute Gasteiger partial charge is 0.341 e. The van der Waals surface area contributed by atoms with Crippen molar-refractivity contribution in [2.75, 3.05) is 18.0 Å². The monoisotopic (exact) mass is 337 g/mol. The molecule has 0 saturated carbocycles. The van der Waals surface area contributed by atoms with Crippen molar-refractivity contribution in [3.63, 3.8) is 0 Å². The Balaban J connectivity index is 2.05. The van der Waals surface area contributed by atoms with Gasteiger partial charge in [0.25, 0.3) is 5.56 Å². The zero-order valence-electron chi connectivity index (χ0n) is 13.2. The molecule has 2 N–H and O–H groups in total. The van der Waals surface area contributed by atoms with Gasteiger partial charge in [-0.05, 0) is 49.2 Å². The average Bonchev–Trinajstić information content (AvgIpc) is 2.56. The van der Waals surface area contributed by atoms with Crippen LogP contribution in [0.4, 0.5) is 24.5 Å². The molecule has 1 aromatic heterocycles. The largest absolute Gasteiger partial charge is 0.416 e. The summed E-state index contributed by atoms with van der Waals surface area (Å²) in [7, 11) is 1.68. The number of nitrogens with zero attached hydrogens (tertiary/aromatic N) is 2. The van der Waals surface area contributed by atoms with Gasteiger partial charge in [-0.15, -0.1) is 0 Å². The molecular weight excluding hydrogens is 319 g/mol. The lowest BCUT2D eigenvalue weighted by Gasteiger charge is -2.35. The van der Waals surface area contributed by atoms with Crippen LogP contribution in [0.15, 0.2) is 41.3 Å². The van der Waals surface area contributed by atoms with Crippen LogP contribution in [0.25, 0.3) is 0 Å². The molecule has 4 nitrogen and oxygen atoms in total. The molecule has 2 aromatic rings. The Morgan fingerprint density at radius 2 is 1.88 bits per heavy atom. The molecule has 0 aliphatic carbocycles. The normalized spacial score (nSPS) is 17.7. The Morgan fingerprint density at radius 1 is 1.21 bits per heavy atom. The summed E-state index contributed by atoms with van der Waals surface area (Å²) in [6.45, 7) is 0.983. The van der Waals surface area contributed by atoms with Gasteiger partial charge in [-0.1, -0.05) is 0 Å². The fraction of sp³-hybridized carbons (Fsp3) is 0.353. The van der Waals surface area contributed by atoms with E-state index in [1.807, 2.05) is 11.0 Å². The quantitative estimate of drug-likeness (QED) is 0.917. The first-order valence-corrected chi connectivity index (χ1v) is 7.64. The molecule has 0 bridgehead atoms. The van der Waals surface area contributed by atoms with E-state index in [4.69, 9.17) is 5.73 Å². The van der Waals surface area contributed by atoms with E-state index < -0.39 is 11.7 Å². The van der Waals surface area contributed by atoms with Gasteiger partial charge in [0.1, 0.15) is 0 Å². The predicted molar refractivity (Wildman–Crippen MR) is 86.4 cm³/mol. The van der Waals surface area contributed by atoms with E-state index in [-0.39, 0.29) is 11.5 Å². The number of hydrogen-bond acceptors (Lipinski definition) is 3. The molecule has 1 aliphatic heterocycles. The second-order valence-corrected chi connectivity index (χ2v) is 6.06. The number of aromatic nitrogens is 1. The van der Waals surface area contributed by atoms with E-state index in [0.29, 0.717) is 30.8 Å². The zero-order chi connectivity index (χ0) is 17.5. The summed E-state index contributed by atoms with van der Waals surface area (Å²) in [6.07, 6.45) is -2.12. The predicted octanol–water partition coefficient (Wildman–Crippen LogP) is 2.67. The van der Waals surface area contributed by atoms with Gasteiger partial charge in [-0.2, -0.15) is 13.2 Å². The highest BCUT2D eigenvalue weighted by atomic mass is 19.4. The summed E-state index contributed by atoms with van der Waals surface area (Å²) >= 11 is 0. The highest BCUT2D eigenvalue weighted by Gasteiger charge is 2.31. The molecule has 1 unspecified atom stereocenters. The van der Waals surface area contributed by atoms with Gasteiger partial charge in [-0.25, -0.2) is 0 Å². The maximum atomic E-state index is 12.7. The van der Waals surface area contributed by atoms with Gasteiger partial charge >= 0.3 is 6.18 Å². The van der Waals surface area contributed by atoms with Crippen molar-refractivity contribution in [2.24, 2.45) is 18.7 Å². The van der Waals surface area contributed by atoms with Crippen molar-refractivity contribution in [1.29, 1.82) is 0 Å². The molecule has 0 amide bonds. The molecule has 2 heterocycles. The number of pyridine rings is 1. The minimum absolute atomic E-state index is 0.0786. The third kappa shape index (κ3) is 2.91. The molecule has 24 heavy (non-hydrogen) atoms. The number of anilines is 2. The molecule has 0 spiro atoms. The lowest BCUT2D eigenvalue weighted by molar-refractivity contribution is -0.137. The topological polar surface area (TPSA) is 51.3 Å². The van der Waals surface area contributed by atoms with Crippen LogP contribution < -0.4 is 16.2 Å². The van der Waals surface area contributed by atoms with Crippen LogP contribution in [0, 0.1) is 5.92 Å². The van der Waals surface area contributed by atoms with Crippen LogP contribution in [0.3, 0.4) is 0 Å². The number of rotatable bonds is 2.